The first-order valence-corrected chi connectivity index (χ1v) is 7.18. The summed E-state index contributed by atoms with van der Waals surface area (Å²) in [6.07, 6.45) is 1.26. The highest BCUT2D eigenvalue weighted by atomic mass is 16.4. The number of hydrogen-bond donors (Lipinski definition) is 1. The Kier molecular flexibility index (Phi) is 5.99. The van der Waals surface area contributed by atoms with Crippen LogP contribution < -0.4 is 0 Å². The van der Waals surface area contributed by atoms with Crippen molar-refractivity contribution in [3.05, 3.63) is 0 Å². The average Bonchev–Trinajstić information content (AvgIpc) is 2.45. The highest BCUT2D eigenvalue weighted by molar-refractivity contribution is 5.80. The number of carbonyl (C=O) groups is 3. The van der Waals surface area contributed by atoms with Gasteiger partial charge in [-0.2, -0.15) is 0 Å². The molecule has 3 amide bonds. The van der Waals surface area contributed by atoms with E-state index in [1.165, 1.54) is 9.80 Å². The maximum atomic E-state index is 12.3. The minimum Gasteiger partial charge on any atom is -0.481 e. The largest absolute Gasteiger partial charge is 0.481 e. The van der Waals surface area contributed by atoms with Crippen LogP contribution in [0.4, 0.5) is 4.79 Å². The summed E-state index contributed by atoms with van der Waals surface area (Å²) in [5, 5.41) is 8.88. The number of carboxylic acids is 1. The summed E-state index contributed by atoms with van der Waals surface area (Å²) in [5.74, 6) is -1.63. The molecule has 0 aliphatic carbocycles. The number of urea groups is 1. The summed E-state index contributed by atoms with van der Waals surface area (Å²) in [6.45, 7) is 2.93. The van der Waals surface area contributed by atoms with Gasteiger partial charge in [-0.15, -0.1) is 0 Å². The molecule has 7 heteroatoms. The molecule has 1 saturated heterocycles. The molecule has 1 N–H and O–H groups in total. The normalized spacial score (nSPS) is 17.2. The third-order valence-corrected chi connectivity index (χ3v) is 3.84. The van der Waals surface area contributed by atoms with Crippen molar-refractivity contribution in [2.75, 3.05) is 40.8 Å². The second-order valence-electron chi connectivity index (χ2n) is 5.90. The number of rotatable bonds is 4. The van der Waals surface area contributed by atoms with E-state index in [-0.39, 0.29) is 24.4 Å². The first kappa shape index (κ1) is 17.3. The quantitative estimate of drug-likeness (QED) is 0.822. The number of aliphatic carboxylic acids is 1. The van der Waals surface area contributed by atoms with Gasteiger partial charge < -0.3 is 19.8 Å². The van der Waals surface area contributed by atoms with Crippen LogP contribution in [0.15, 0.2) is 0 Å². The highest BCUT2D eigenvalue weighted by Gasteiger charge is 2.30. The lowest BCUT2D eigenvalue weighted by molar-refractivity contribution is -0.143. The summed E-state index contributed by atoms with van der Waals surface area (Å²) in [6, 6.07) is -0.0336. The number of piperidine rings is 1. The van der Waals surface area contributed by atoms with Crippen molar-refractivity contribution in [1.82, 2.24) is 14.7 Å². The Labute approximate surface area is 125 Å². The van der Waals surface area contributed by atoms with Gasteiger partial charge in [0, 0.05) is 46.7 Å². The molecule has 21 heavy (non-hydrogen) atoms. The summed E-state index contributed by atoms with van der Waals surface area (Å²) in [5.41, 5.74) is 0. The Morgan fingerprint density at radius 3 is 2.14 bits per heavy atom. The van der Waals surface area contributed by atoms with Crippen LogP contribution in [0.5, 0.6) is 0 Å². The van der Waals surface area contributed by atoms with Crippen LogP contribution in [0.1, 0.15) is 19.8 Å². The van der Waals surface area contributed by atoms with Gasteiger partial charge in [0.25, 0.3) is 0 Å². The van der Waals surface area contributed by atoms with Gasteiger partial charge in [0.05, 0.1) is 5.92 Å². The molecular formula is C14H25N3O4. The first-order chi connectivity index (χ1) is 9.73. The Hall–Kier alpha value is -1.79. The molecule has 1 aliphatic heterocycles. The molecule has 1 atom stereocenters. The van der Waals surface area contributed by atoms with Gasteiger partial charge in [0.15, 0.2) is 0 Å². The predicted octanol–water partition coefficient (Wildman–Crippen LogP) is 0.559. The van der Waals surface area contributed by atoms with Crippen molar-refractivity contribution in [3.63, 3.8) is 0 Å². The lowest BCUT2D eigenvalue weighted by Crippen LogP contribution is -2.47. The summed E-state index contributed by atoms with van der Waals surface area (Å²) in [7, 11) is 5.06. The van der Waals surface area contributed by atoms with E-state index in [0.29, 0.717) is 25.9 Å². The standard InChI is InChI=1S/C14H25N3O4/c1-10(13(19)20)9-16(4)12(18)11-5-7-17(8-6-11)14(21)15(2)3/h10-11H,5-9H2,1-4H3,(H,19,20). The summed E-state index contributed by atoms with van der Waals surface area (Å²) < 4.78 is 0. The lowest BCUT2D eigenvalue weighted by atomic mass is 9.95. The second-order valence-corrected chi connectivity index (χ2v) is 5.90. The fourth-order valence-electron chi connectivity index (χ4n) is 2.49. The molecule has 0 aromatic heterocycles. The molecule has 1 unspecified atom stereocenters. The van der Waals surface area contributed by atoms with Crippen molar-refractivity contribution in [2.24, 2.45) is 11.8 Å². The fraction of sp³-hybridized carbons (Fsp3) is 0.786. The zero-order chi connectivity index (χ0) is 16.2. The van der Waals surface area contributed by atoms with Crippen LogP contribution in [0.25, 0.3) is 0 Å². The van der Waals surface area contributed by atoms with Crippen molar-refractivity contribution in [2.45, 2.75) is 19.8 Å². The zero-order valence-corrected chi connectivity index (χ0v) is 13.2. The fourth-order valence-corrected chi connectivity index (χ4v) is 2.49. The van der Waals surface area contributed by atoms with E-state index < -0.39 is 11.9 Å². The van der Waals surface area contributed by atoms with E-state index in [0.717, 1.165) is 0 Å². The molecule has 0 saturated carbocycles. The Balaban J connectivity index is 2.48. The lowest BCUT2D eigenvalue weighted by Gasteiger charge is -2.34. The Morgan fingerprint density at radius 1 is 1.19 bits per heavy atom. The van der Waals surface area contributed by atoms with E-state index in [2.05, 4.69) is 0 Å². The molecule has 0 bridgehead atoms. The maximum absolute atomic E-state index is 12.3. The van der Waals surface area contributed by atoms with Crippen LogP contribution in [0.2, 0.25) is 0 Å². The van der Waals surface area contributed by atoms with Crippen LogP contribution in [0.3, 0.4) is 0 Å². The monoisotopic (exact) mass is 299 g/mol. The van der Waals surface area contributed by atoms with Gasteiger partial charge in [-0.3, -0.25) is 9.59 Å². The van der Waals surface area contributed by atoms with E-state index >= 15 is 0 Å². The number of carboxylic acid groups (broad SMARTS) is 1. The van der Waals surface area contributed by atoms with E-state index in [1.54, 1.807) is 33.0 Å². The molecule has 0 radical (unpaired) electrons. The molecule has 7 nitrogen and oxygen atoms in total. The van der Waals surface area contributed by atoms with E-state index in [4.69, 9.17) is 5.11 Å². The number of nitrogens with zero attached hydrogens (tertiary/aromatic N) is 3. The minimum absolute atomic E-state index is 0.0277. The molecule has 0 aromatic carbocycles. The first-order valence-electron chi connectivity index (χ1n) is 7.18. The van der Waals surface area contributed by atoms with Gasteiger partial charge in [0.2, 0.25) is 5.91 Å². The summed E-state index contributed by atoms with van der Waals surface area (Å²) >= 11 is 0. The molecule has 1 heterocycles. The van der Waals surface area contributed by atoms with Gasteiger partial charge in [-0.25, -0.2) is 4.79 Å². The number of likely N-dealkylation sites (tertiary alicyclic amines) is 1. The smallest absolute Gasteiger partial charge is 0.319 e. The van der Waals surface area contributed by atoms with Gasteiger partial charge >= 0.3 is 12.0 Å². The van der Waals surface area contributed by atoms with Crippen molar-refractivity contribution < 1.29 is 19.5 Å². The molecule has 1 fully saturated rings. The Morgan fingerprint density at radius 2 is 1.71 bits per heavy atom. The average molecular weight is 299 g/mol. The third kappa shape index (κ3) is 4.61. The third-order valence-electron chi connectivity index (χ3n) is 3.84. The molecule has 0 aromatic rings. The van der Waals surface area contributed by atoms with Gasteiger partial charge in [-0.1, -0.05) is 6.92 Å². The van der Waals surface area contributed by atoms with Gasteiger partial charge in [0.1, 0.15) is 0 Å². The van der Waals surface area contributed by atoms with Crippen LogP contribution in [-0.2, 0) is 9.59 Å². The van der Waals surface area contributed by atoms with Gasteiger partial charge in [-0.05, 0) is 12.8 Å². The molecule has 120 valence electrons. The topological polar surface area (TPSA) is 81.2 Å². The van der Waals surface area contributed by atoms with Crippen LogP contribution in [-0.4, -0.2) is 78.5 Å². The molecule has 1 rings (SSSR count). The van der Waals surface area contributed by atoms with Crippen LogP contribution in [0, 0.1) is 11.8 Å². The SMILES string of the molecule is CC(CN(C)C(=O)C1CCN(C(=O)N(C)C)CC1)C(=O)O. The van der Waals surface area contributed by atoms with E-state index in [9.17, 15) is 14.4 Å². The highest BCUT2D eigenvalue weighted by Crippen LogP contribution is 2.20. The summed E-state index contributed by atoms with van der Waals surface area (Å²) in [4.78, 5) is 39.7. The van der Waals surface area contributed by atoms with Crippen LogP contribution >= 0.6 is 0 Å². The molecular weight excluding hydrogens is 274 g/mol. The minimum atomic E-state index is -0.902. The van der Waals surface area contributed by atoms with Crippen molar-refractivity contribution in [1.29, 1.82) is 0 Å². The molecule has 1 aliphatic rings. The Bertz CT molecular complexity index is 403. The number of amides is 3. The zero-order valence-electron chi connectivity index (χ0n) is 13.2. The van der Waals surface area contributed by atoms with Crippen molar-refractivity contribution in [3.8, 4) is 0 Å². The van der Waals surface area contributed by atoms with E-state index in [1.807, 2.05) is 0 Å². The van der Waals surface area contributed by atoms with Crippen molar-refractivity contribution >= 4 is 17.9 Å². The molecule has 0 spiro atoms. The maximum Gasteiger partial charge on any atom is 0.319 e. The predicted molar refractivity (Wildman–Crippen MR) is 77.8 cm³/mol. The number of hydrogen-bond acceptors (Lipinski definition) is 3. The second kappa shape index (κ2) is 7.28. The number of carbonyl (C=O) groups excluding carboxylic acids is 2.